The monoisotopic (exact) mass is 490 g/mol. The van der Waals surface area contributed by atoms with Crippen molar-refractivity contribution in [2.45, 2.75) is 0 Å². The molecule has 0 saturated carbocycles. The highest BCUT2D eigenvalue weighted by molar-refractivity contribution is 5.82. The van der Waals surface area contributed by atoms with Gasteiger partial charge in [-0.25, -0.2) is 18.4 Å². The standard InChI is InChI=1S/C28H20F2O6/c1-3-27(31)35-15-13-33-22-10-11-23(24(29)18-22)20-7-5-19(6-8-20)21-9-12-26(25(30)17-21)34-14-16-36-28(32)4-2/h3-18H,1-2H2/b15-13-,16-14-. The highest BCUT2D eigenvalue weighted by Crippen LogP contribution is 2.30. The van der Waals surface area contributed by atoms with Gasteiger partial charge in [-0.1, -0.05) is 43.5 Å². The maximum atomic E-state index is 14.6. The third kappa shape index (κ3) is 7.01. The Hall–Kier alpha value is -4.98. The number of carbonyl (C=O) groups is 2. The number of ether oxygens (including phenoxy) is 4. The van der Waals surface area contributed by atoms with Crippen molar-refractivity contribution in [3.63, 3.8) is 0 Å². The fraction of sp³-hybridized carbons (Fsp3) is 0. The van der Waals surface area contributed by atoms with Crippen molar-refractivity contribution in [1.29, 1.82) is 0 Å². The minimum Gasteiger partial charge on any atom is -0.462 e. The van der Waals surface area contributed by atoms with E-state index in [0.717, 1.165) is 37.2 Å². The number of benzene rings is 3. The summed E-state index contributed by atoms with van der Waals surface area (Å²) >= 11 is 0. The van der Waals surface area contributed by atoms with Crippen molar-refractivity contribution in [1.82, 2.24) is 0 Å². The Bertz CT molecular complexity index is 1330. The Labute approximate surface area is 206 Å². The normalized spacial score (nSPS) is 10.7. The largest absolute Gasteiger partial charge is 0.462 e. The van der Waals surface area contributed by atoms with Gasteiger partial charge in [0.25, 0.3) is 0 Å². The highest BCUT2D eigenvalue weighted by Gasteiger charge is 2.09. The van der Waals surface area contributed by atoms with E-state index in [1.165, 1.54) is 18.2 Å². The van der Waals surface area contributed by atoms with Crippen molar-refractivity contribution >= 4 is 11.9 Å². The lowest BCUT2D eigenvalue weighted by atomic mass is 10.00. The van der Waals surface area contributed by atoms with E-state index in [4.69, 9.17) is 9.47 Å². The number of hydrogen-bond donors (Lipinski definition) is 0. The van der Waals surface area contributed by atoms with Crippen molar-refractivity contribution in [3.8, 4) is 33.8 Å². The number of carbonyl (C=O) groups excluding carboxylic acids is 2. The van der Waals surface area contributed by atoms with Crippen LogP contribution in [0.3, 0.4) is 0 Å². The minimum atomic E-state index is -0.667. The molecule has 3 aromatic rings. The summed E-state index contributed by atoms with van der Waals surface area (Å²) < 4.78 is 48.6. The lowest BCUT2D eigenvalue weighted by molar-refractivity contribution is -0.133. The Morgan fingerprint density at radius 1 is 0.639 bits per heavy atom. The molecular formula is C28H20F2O6. The van der Waals surface area contributed by atoms with Crippen molar-refractivity contribution in [2.24, 2.45) is 0 Å². The van der Waals surface area contributed by atoms with Crippen LogP contribution in [0, 0.1) is 11.6 Å². The number of halogens is 2. The predicted molar refractivity (Wildman–Crippen MR) is 129 cm³/mol. The average molecular weight is 490 g/mol. The molecule has 0 bridgehead atoms. The lowest BCUT2D eigenvalue weighted by Gasteiger charge is -2.09. The van der Waals surface area contributed by atoms with Gasteiger partial charge in [0.2, 0.25) is 0 Å². The summed E-state index contributed by atoms with van der Waals surface area (Å²) in [6, 6.07) is 15.6. The first-order valence-electron chi connectivity index (χ1n) is 10.4. The second-order valence-corrected chi connectivity index (χ2v) is 6.93. The van der Waals surface area contributed by atoms with E-state index in [1.54, 1.807) is 42.5 Å². The second kappa shape index (κ2) is 12.5. The molecule has 0 aliphatic rings. The van der Waals surface area contributed by atoms with Gasteiger partial charge in [0, 0.05) is 23.8 Å². The van der Waals surface area contributed by atoms with E-state index < -0.39 is 23.6 Å². The van der Waals surface area contributed by atoms with Crippen molar-refractivity contribution in [2.75, 3.05) is 0 Å². The van der Waals surface area contributed by atoms with Crippen LogP contribution >= 0.6 is 0 Å². The summed E-state index contributed by atoms with van der Waals surface area (Å²) in [6.45, 7) is 6.51. The lowest BCUT2D eigenvalue weighted by Crippen LogP contribution is -1.94. The van der Waals surface area contributed by atoms with Crippen LogP contribution in [0.15, 0.2) is 111 Å². The van der Waals surface area contributed by atoms with Gasteiger partial charge in [-0.15, -0.1) is 0 Å². The summed E-state index contributed by atoms with van der Waals surface area (Å²) in [4.78, 5) is 21.9. The van der Waals surface area contributed by atoms with Gasteiger partial charge < -0.3 is 18.9 Å². The minimum absolute atomic E-state index is 0.0561. The Morgan fingerprint density at radius 3 is 1.81 bits per heavy atom. The molecule has 0 fully saturated rings. The first-order chi connectivity index (χ1) is 17.4. The summed E-state index contributed by atoms with van der Waals surface area (Å²) in [5.41, 5.74) is 2.24. The predicted octanol–water partition coefficient (Wildman–Crippen LogP) is 6.46. The van der Waals surface area contributed by atoms with Gasteiger partial charge in [-0.2, -0.15) is 0 Å². The molecule has 0 heterocycles. The summed E-state index contributed by atoms with van der Waals surface area (Å²) in [5.74, 6) is -2.29. The molecule has 0 unspecified atom stereocenters. The zero-order valence-electron chi connectivity index (χ0n) is 18.9. The molecule has 0 aliphatic heterocycles. The Balaban J connectivity index is 1.66. The van der Waals surface area contributed by atoms with E-state index in [2.05, 4.69) is 22.6 Å². The summed E-state index contributed by atoms with van der Waals surface area (Å²) in [6.07, 6.45) is 6.12. The zero-order chi connectivity index (χ0) is 25.9. The average Bonchev–Trinajstić information content (AvgIpc) is 2.89. The van der Waals surface area contributed by atoms with Crippen LogP contribution in [0.1, 0.15) is 0 Å². The number of esters is 2. The third-order valence-electron chi connectivity index (χ3n) is 4.61. The van der Waals surface area contributed by atoms with Crippen LogP contribution < -0.4 is 9.47 Å². The van der Waals surface area contributed by atoms with Gasteiger partial charge in [0.15, 0.2) is 11.6 Å². The first-order valence-corrected chi connectivity index (χ1v) is 10.4. The molecule has 0 spiro atoms. The van der Waals surface area contributed by atoms with Crippen LogP contribution in [0.25, 0.3) is 22.3 Å². The quantitative estimate of drug-likeness (QED) is 0.185. The maximum Gasteiger partial charge on any atom is 0.335 e. The van der Waals surface area contributed by atoms with Crippen LogP contribution in [-0.4, -0.2) is 11.9 Å². The zero-order valence-corrected chi connectivity index (χ0v) is 18.9. The van der Waals surface area contributed by atoms with E-state index >= 15 is 0 Å². The fourth-order valence-corrected chi connectivity index (χ4v) is 2.91. The molecule has 182 valence electrons. The van der Waals surface area contributed by atoms with E-state index in [-0.39, 0.29) is 11.5 Å². The molecule has 8 heteroatoms. The van der Waals surface area contributed by atoms with Gasteiger partial charge in [-0.05, 0) is 41.0 Å². The van der Waals surface area contributed by atoms with Crippen LogP contribution in [0.2, 0.25) is 0 Å². The Morgan fingerprint density at radius 2 is 1.22 bits per heavy atom. The molecule has 3 aromatic carbocycles. The topological polar surface area (TPSA) is 71.1 Å². The fourth-order valence-electron chi connectivity index (χ4n) is 2.91. The van der Waals surface area contributed by atoms with Crippen molar-refractivity contribution < 1.29 is 37.3 Å². The number of rotatable bonds is 10. The summed E-state index contributed by atoms with van der Waals surface area (Å²) in [7, 11) is 0. The van der Waals surface area contributed by atoms with Crippen LogP contribution in [0.5, 0.6) is 11.5 Å². The van der Waals surface area contributed by atoms with Gasteiger partial charge in [0.05, 0.1) is 0 Å². The molecule has 0 radical (unpaired) electrons. The first kappa shape index (κ1) is 25.6. The van der Waals surface area contributed by atoms with Crippen molar-refractivity contribution in [3.05, 3.63) is 123 Å². The molecule has 6 nitrogen and oxygen atoms in total. The highest BCUT2D eigenvalue weighted by atomic mass is 19.1. The molecule has 0 aliphatic carbocycles. The number of hydrogen-bond acceptors (Lipinski definition) is 6. The van der Waals surface area contributed by atoms with E-state index in [9.17, 15) is 18.4 Å². The third-order valence-corrected chi connectivity index (χ3v) is 4.61. The maximum absolute atomic E-state index is 14.6. The SMILES string of the molecule is C=CC(=O)O/C=C\Oc1ccc(-c2ccc(-c3ccc(O/C=C\OC(=O)C=C)c(F)c3)cc2)c(F)c1. The molecule has 3 rings (SSSR count). The molecule has 0 amide bonds. The van der Waals surface area contributed by atoms with E-state index in [1.807, 2.05) is 0 Å². The molecule has 0 N–H and O–H groups in total. The smallest absolute Gasteiger partial charge is 0.335 e. The van der Waals surface area contributed by atoms with Gasteiger partial charge >= 0.3 is 11.9 Å². The molecule has 0 atom stereocenters. The van der Waals surface area contributed by atoms with Gasteiger partial charge in [-0.3, -0.25) is 0 Å². The molecular weight excluding hydrogens is 470 g/mol. The van der Waals surface area contributed by atoms with Crippen LogP contribution in [0.4, 0.5) is 8.78 Å². The van der Waals surface area contributed by atoms with Gasteiger partial charge in [0.1, 0.15) is 36.6 Å². The van der Waals surface area contributed by atoms with E-state index in [0.29, 0.717) is 22.3 Å². The summed E-state index contributed by atoms with van der Waals surface area (Å²) in [5, 5.41) is 0. The Kier molecular flexibility index (Phi) is 8.88. The van der Waals surface area contributed by atoms with Crippen LogP contribution in [-0.2, 0) is 19.1 Å². The molecule has 0 aromatic heterocycles. The second-order valence-electron chi connectivity index (χ2n) is 6.93. The molecule has 36 heavy (non-hydrogen) atoms. The molecule has 0 saturated heterocycles.